The fourth-order valence-electron chi connectivity index (χ4n) is 5.42. The van der Waals surface area contributed by atoms with Crippen LogP contribution in [0.25, 0.3) is 11.1 Å². The number of aromatic hydroxyl groups is 1. The van der Waals surface area contributed by atoms with E-state index in [1.165, 1.54) is 33.4 Å². The van der Waals surface area contributed by atoms with Gasteiger partial charge in [-0.3, -0.25) is 4.21 Å². The first-order chi connectivity index (χ1) is 19.6. The Balaban J connectivity index is 1.19. The van der Waals surface area contributed by atoms with Gasteiger partial charge in [0.05, 0.1) is 6.61 Å². The first-order valence-electron chi connectivity index (χ1n) is 14.3. The number of allylic oxidation sites excluding steroid dienone is 1. The Morgan fingerprint density at radius 3 is 2.35 bits per heavy atom. The number of ether oxygens (including phenoxy) is 1. The van der Waals surface area contributed by atoms with E-state index in [0.29, 0.717) is 18.1 Å². The lowest BCUT2D eigenvalue weighted by Crippen LogP contribution is -2.03. The molecule has 1 aliphatic rings. The van der Waals surface area contributed by atoms with Crippen LogP contribution in [0.1, 0.15) is 65.5 Å². The second-order valence-electron chi connectivity index (χ2n) is 10.6. The molecule has 4 aromatic carbocycles. The van der Waals surface area contributed by atoms with Gasteiger partial charge in [0.2, 0.25) is 0 Å². The van der Waals surface area contributed by atoms with Gasteiger partial charge in [-0.25, -0.2) is 0 Å². The molecular weight excluding hydrogens is 512 g/mol. The second-order valence-corrected chi connectivity index (χ2v) is 12.2. The van der Waals surface area contributed by atoms with Crippen LogP contribution in [0.15, 0.2) is 97.1 Å². The molecule has 40 heavy (non-hydrogen) atoms. The number of fused-ring (bicyclic) bond motifs is 1. The third kappa shape index (κ3) is 7.31. The topological polar surface area (TPSA) is 46.5 Å². The number of unbranched alkanes of at least 4 members (excludes halogenated alkanes) is 2. The highest BCUT2D eigenvalue weighted by Gasteiger charge is 2.20. The van der Waals surface area contributed by atoms with Gasteiger partial charge in [0.15, 0.2) is 0 Å². The smallest absolute Gasteiger partial charge is 0.119 e. The minimum atomic E-state index is -0.819. The van der Waals surface area contributed by atoms with Crippen LogP contribution < -0.4 is 4.74 Å². The Labute approximate surface area is 241 Å². The maximum absolute atomic E-state index is 12.4. The second kappa shape index (κ2) is 13.6. The summed E-state index contributed by atoms with van der Waals surface area (Å²) in [7, 11) is -0.819. The summed E-state index contributed by atoms with van der Waals surface area (Å²) < 4.78 is 18.5. The average Bonchev–Trinajstić information content (AvgIpc) is 3.16. The summed E-state index contributed by atoms with van der Waals surface area (Å²) in [4.78, 5) is 0. The molecule has 0 radical (unpaired) electrons. The normalized spacial score (nSPS) is 13.9. The van der Waals surface area contributed by atoms with E-state index >= 15 is 0 Å². The standard InChI is InChI=1S/C36H38O3S/c1-27-13-15-28(16-14-27)26-40(38)24-7-3-6-23-39-33-20-17-30(18-21-33)36-34(29-9-4-2-5-10-29)12-8-11-31-25-32(37)19-22-35(31)36/h2,4-5,9-10,13-22,25,37H,3,6-8,11-12,23-24,26H2,1H3/t40-/m0/s1. The van der Waals surface area contributed by atoms with Crippen LogP contribution in [-0.4, -0.2) is 21.7 Å². The first-order valence-corrected chi connectivity index (χ1v) is 15.8. The number of phenols is 1. The van der Waals surface area contributed by atoms with Crippen molar-refractivity contribution in [2.75, 3.05) is 12.4 Å². The molecule has 4 heteroatoms. The molecule has 0 spiro atoms. The molecule has 1 atom stereocenters. The minimum absolute atomic E-state index is 0.322. The molecule has 0 saturated carbocycles. The molecule has 0 unspecified atom stereocenters. The number of phenolic OH excluding ortho intramolecular Hbond substituents is 1. The number of rotatable bonds is 11. The molecule has 5 rings (SSSR count). The van der Waals surface area contributed by atoms with E-state index in [-0.39, 0.29) is 0 Å². The van der Waals surface area contributed by atoms with E-state index in [4.69, 9.17) is 4.74 Å². The zero-order chi connectivity index (χ0) is 27.7. The van der Waals surface area contributed by atoms with Crippen LogP contribution in [0.3, 0.4) is 0 Å². The van der Waals surface area contributed by atoms with Gasteiger partial charge < -0.3 is 9.84 Å². The average molecular weight is 551 g/mol. The van der Waals surface area contributed by atoms with Crippen LogP contribution in [0, 0.1) is 6.92 Å². The molecule has 0 aliphatic heterocycles. The van der Waals surface area contributed by atoms with Crippen molar-refractivity contribution in [3.8, 4) is 11.5 Å². The highest BCUT2D eigenvalue weighted by atomic mass is 32.2. The molecule has 1 aliphatic carbocycles. The highest BCUT2D eigenvalue weighted by Crippen LogP contribution is 2.41. The molecule has 0 amide bonds. The number of hydrogen-bond donors (Lipinski definition) is 1. The predicted octanol–water partition coefficient (Wildman–Crippen LogP) is 8.49. The molecule has 1 N–H and O–H groups in total. The quantitative estimate of drug-likeness (QED) is 0.191. The van der Waals surface area contributed by atoms with Crippen LogP contribution in [-0.2, 0) is 23.0 Å². The fraction of sp³-hybridized carbons (Fsp3) is 0.278. The molecule has 3 nitrogen and oxygen atoms in total. The SMILES string of the molecule is Cc1ccc(C[S@@](=O)CCCCCOc2ccc(C3=C(c4ccccc4)CCCc4cc(O)ccc43)cc2)cc1. The minimum Gasteiger partial charge on any atom is -0.508 e. The number of hydrogen-bond acceptors (Lipinski definition) is 3. The lowest BCUT2D eigenvalue weighted by molar-refractivity contribution is 0.306. The molecule has 206 valence electrons. The Kier molecular flexibility index (Phi) is 9.51. The maximum atomic E-state index is 12.4. The summed E-state index contributed by atoms with van der Waals surface area (Å²) in [5.41, 5.74) is 9.77. The Hall–Kier alpha value is -3.63. The van der Waals surface area contributed by atoms with E-state index in [1.807, 2.05) is 6.07 Å². The van der Waals surface area contributed by atoms with Crippen molar-refractivity contribution in [1.29, 1.82) is 0 Å². The lowest BCUT2D eigenvalue weighted by Gasteiger charge is -2.17. The van der Waals surface area contributed by atoms with Crippen LogP contribution >= 0.6 is 0 Å². The van der Waals surface area contributed by atoms with Crippen molar-refractivity contribution in [2.24, 2.45) is 0 Å². The summed E-state index contributed by atoms with van der Waals surface area (Å²) in [6.45, 7) is 2.73. The van der Waals surface area contributed by atoms with Gasteiger partial charge >= 0.3 is 0 Å². The third-order valence-corrected chi connectivity index (χ3v) is 8.93. The van der Waals surface area contributed by atoms with Gasteiger partial charge in [-0.05, 0) is 109 Å². The molecule has 0 heterocycles. The van der Waals surface area contributed by atoms with Crippen molar-refractivity contribution < 1.29 is 14.1 Å². The van der Waals surface area contributed by atoms with Gasteiger partial charge in [0.25, 0.3) is 0 Å². The molecule has 0 saturated heterocycles. The first kappa shape index (κ1) is 27.9. The van der Waals surface area contributed by atoms with E-state index in [2.05, 4.69) is 91.9 Å². The maximum Gasteiger partial charge on any atom is 0.119 e. The van der Waals surface area contributed by atoms with Crippen molar-refractivity contribution in [1.82, 2.24) is 0 Å². The van der Waals surface area contributed by atoms with Crippen LogP contribution in [0.2, 0.25) is 0 Å². The molecule has 0 bridgehead atoms. The van der Waals surface area contributed by atoms with Crippen molar-refractivity contribution in [3.63, 3.8) is 0 Å². The Morgan fingerprint density at radius 1 is 0.800 bits per heavy atom. The van der Waals surface area contributed by atoms with E-state index in [1.54, 1.807) is 6.07 Å². The highest BCUT2D eigenvalue weighted by molar-refractivity contribution is 7.84. The number of benzene rings is 4. The van der Waals surface area contributed by atoms with Crippen LogP contribution in [0.5, 0.6) is 11.5 Å². The van der Waals surface area contributed by atoms with Crippen molar-refractivity contribution in [3.05, 3.63) is 130 Å². The molecular formula is C36H38O3S. The van der Waals surface area contributed by atoms with Gasteiger partial charge in [0.1, 0.15) is 11.5 Å². The van der Waals surface area contributed by atoms with Crippen molar-refractivity contribution >= 4 is 21.9 Å². The molecule has 0 fully saturated rings. The summed E-state index contributed by atoms with van der Waals surface area (Å²) in [5, 5.41) is 10.1. The predicted molar refractivity (Wildman–Crippen MR) is 167 cm³/mol. The zero-order valence-corrected chi connectivity index (χ0v) is 24.1. The summed E-state index contributed by atoms with van der Waals surface area (Å²) in [6.07, 6.45) is 5.89. The Morgan fingerprint density at radius 2 is 1.57 bits per heavy atom. The van der Waals surface area contributed by atoms with Crippen LogP contribution in [0.4, 0.5) is 0 Å². The van der Waals surface area contributed by atoms with Gasteiger partial charge in [-0.15, -0.1) is 0 Å². The van der Waals surface area contributed by atoms with Gasteiger partial charge in [-0.2, -0.15) is 0 Å². The van der Waals surface area contributed by atoms with Gasteiger partial charge in [0, 0.05) is 22.3 Å². The monoisotopic (exact) mass is 550 g/mol. The summed E-state index contributed by atoms with van der Waals surface area (Å²) in [6, 6.07) is 33.2. The van der Waals surface area contributed by atoms with E-state index in [9.17, 15) is 9.32 Å². The summed E-state index contributed by atoms with van der Waals surface area (Å²) >= 11 is 0. The third-order valence-electron chi connectivity index (χ3n) is 7.53. The summed E-state index contributed by atoms with van der Waals surface area (Å²) in [5.74, 6) is 2.56. The largest absolute Gasteiger partial charge is 0.508 e. The number of aryl methyl sites for hydroxylation is 2. The fourth-order valence-corrected chi connectivity index (χ4v) is 6.66. The zero-order valence-electron chi connectivity index (χ0n) is 23.3. The van der Waals surface area contributed by atoms with E-state index in [0.717, 1.165) is 61.2 Å². The van der Waals surface area contributed by atoms with Gasteiger partial charge in [-0.1, -0.05) is 78.4 Å². The van der Waals surface area contributed by atoms with E-state index < -0.39 is 10.8 Å². The van der Waals surface area contributed by atoms with Crippen molar-refractivity contribution in [2.45, 2.75) is 51.2 Å². The lowest BCUT2D eigenvalue weighted by atomic mass is 9.88. The molecule has 4 aromatic rings. The Bertz CT molecular complexity index is 1450. The molecule has 0 aromatic heterocycles.